The molecule has 20 heavy (non-hydrogen) atoms. The molecule has 1 unspecified atom stereocenters. The monoisotopic (exact) mass is 272 g/mol. The fourth-order valence-corrected chi connectivity index (χ4v) is 2.15. The Hall–Kier alpha value is -1.30. The minimum atomic E-state index is 0.540. The molecule has 1 rings (SSSR count). The van der Waals surface area contributed by atoms with Gasteiger partial charge in [0, 0.05) is 19.1 Å². The molecular formula is C18H28N2. The molecule has 1 aromatic rings. The molecule has 0 amide bonds. The van der Waals surface area contributed by atoms with Crippen LogP contribution in [0.5, 0.6) is 0 Å². The lowest BCUT2D eigenvalue weighted by Crippen LogP contribution is -2.27. The van der Waals surface area contributed by atoms with Crippen LogP contribution in [-0.2, 0) is 6.54 Å². The number of benzene rings is 1. The van der Waals surface area contributed by atoms with E-state index in [9.17, 15) is 0 Å². The Morgan fingerprint density at radius 3 is 2.35 bits per heavy atom. The molecule has 0 aliphatic carbocycles. The van der Waals surface area contributed by atoms with Crippen molar-refractivity contribution in [2.75, 3.05) is 19.6 Å². The highest BCUT2D eigenvalue weighted by atomic mass is 15.1. The smallest absolute Gasteiger partial charge is 0.0601 e. The van der Waals surface area contributed by atoms with Crippen LogP contribution in [0.1, 0.15) is 44.7 Å². The van der Waals surface area contributed by atoms with E-state index >= 15 is 0 Å². The molecule has 0 bridgehead atoms. The first-order chi connectivity index (χ1) is 9.56. The summed E-state index contributed by atoms with van der Waals surface area (Å²) in [5.41, 5.74) is 2.72. The van der Waals surface area contributed by atoms with Crippen molar-refractivity contribution < 1.29 is 0 Å². The van der Waals surface area contributed by atoms with Crippen molar-refractivity contribution >= 4 is 0 Å². The van der Waals surface area contributed by atoms with Crippen LogP contribution < -0.4 is 5.32 Å². The van der Waals surface area contributed by atoms with Gasteiger partial charge in [0.2, 0.25) is 0 Å². The lowest BCUT2D eigenvalue weighted by atomic mass is 9.99. The molecule has 0 aliphatic heterocycles. The van der Waals surface area contributed by atoms with Crippen LogP contribution >= 0.6 is 0 Å². The van der Waals surface area contributed by atoms with Crippen molar-refractivity contribution in [2.24, 2.45) is 0 Å². The van der Waals surface area contributed by atoms with E-state index in [1.807, 2.05) is 0 Å². The van der Waals surface area contributed by atoms with E-state index in [0.29, 0.717) is 18.5 Å². The molecule has 110 valence electrons. The molecule has 0 aliphatic rings. The summed E-state index contributed by atoms with van der Waals surface area (Å²) in [6, 6.07) is 9.47. The van der Waals surface area contributed by atoms with Gasteiger partial charge in [-0.15, -0.1) is 6.42 Å². The van der Waals surface area contributed by atoms with Gasteiger partial charge in [-0.1, -0.05) is 57.9 Å². The summed E-state index contributed by atoms with van der Waals surface area (Å²) in [6.07, 6.45) is 5.38. The third kappa shape index (κ3) is 5.77. The van der Waals surface area contributed by atoms with Crippen molar-refractivity contribution in [3.63, 3.8) is 0 Å². The van der Waals surface area contributed by atoms with Gasteiger partial charge < -0.3 is 5.32 Å². The fourth-order valence-electron chi connectivity index (χ4n) is 2.15. The Labute approximate surface area is 124 Å². The second-order valence-electron chi connectivity index (χ2n) is 5.71. The Morgan fingerprint density at radius 1 is 1.20 bits per heavy atom. The maximum atomic E-state index is 5.38. The number of nitrogens with zero attached hydrogens (tertiary/aromatic N) is 1. The van der Waals surface area contributed by atoms with Gasteiger partial charge >= 0.3 is 0 Å². The van der Waals surface area contributed by atoms with Crippen molar-refractivity contribution in [1.82, 2.24) is 10.2 Å². The normalized spacial score (nSPS) is 12.7. The summed E-state index contributed by atoms with van der Waals surface area (Å²) >= 11 is 0. The second-order valence-corrected chi connectivity index (χ2v) is 5.71. The van der Waals surface area contributed by atoms with E-state index in [2.05, 4.69) is 68.1 Å². The minimum absolute atomic E-state index is 0.540. The van der Waals surface area contributed by atoms with Crippen molar-refractivity contribution in [1.29, 1.82) is 0 Å². The summed E-state index contributed by atoms with van der Waals surface area (Å²) in [7, 11) is 0. The summed E-state index contributed by atoms with van der Waals surface area (Å²) in [5.74, 6) is 3.25. The van der Waals surface area contributed by atoms with E-state index < -0.39 is 0 Å². The molecule has 0 radical (unpaired) electrons. The van der Waals surface area contributed by atoms with Crippen molar-refractivity contribution in [3.05, 3.63) is 35.4 Å². The first-order valence-corrected chi connectivity index (χ1v) is 7.54. The fraction of sp³-hybridized carbons (Fsp3) is 0.556. The van der Waals surface area contributed by atoms with E-state index in [4.69, 9.17) is 6.42 Å². The summed E-state index contributed by atoms with van der Waals surface area (Å²) < 4.78 is 0. The highest BCUT2D eigenvalue weighted by Gasteiger charge is 2.07. The summed E-state index contributed by atoms with van der Waals surface area (Å²) in [4.78, 5) is 2.26. The van der Waals surface area contributed by atoms with E-state index in [0.717, 1.165) is 19.6 Å². The first kappa shape index (κ1) is 16.8. The molecule has 0 aromatic heterocycles. The third-order valence-corrected chi connectivity index (χ3v) is 3.55. The zero-order chi connectivity index (χ0) is 15.0. The molecule has 2 heteroatoms. The second kappa shape index (κ2) is 8.79. The van der Waals surface area contributed by atoms with E-state index in [-0.39, 0.29) is 0 Å². The predicted molar refractivity (Wildman–Crippen MR) is 87.8 cm³/mol. The molecule has 1 atom stereocenters. The average Bonchev–Trinajstić information content (AvgIpc) is 2.45. The van der Waals surface area contributed by atoms with Gasteiger partial charge in [-0.2, -0.15) is 0 Å². The summed E-state index contributed by atoms with van der Waals surface area (Å²) in [5, 5.41) is 3.49. The lowest BCUT2D eigenvalue weighted by Gasteiger charge is -2.19. The van der Waals surface area contributed by atoms with Gasteiger partial charge in [-0.25, -0.2) is 0 Å². The summed E-state index contributed by atoms with van der Waals surface area (Å²) in [6.45, 7) is 12.4. The van der Waals surface area contributed by atoms with Crippen LogP contribution in [0.15, 0.2) is 24.3 Å². The molecule has 0 saturated heterocycles. The first-order valence-electron chi connectivity index (χ1n) is 7.54. The van der Waals surface area contributed by atoms with Crippen LogP contribution in [0.2, 0.25) is 0 Å². The number of hydrogen-bond acceptors (Lipinski definition) is 2. The molecule has 2 nitrogen and oxygen atoms in total. The highest BCUT2D eigenvalue weighted by molar-refractivity contribution is 5.25. The van der Waals surface area contributed by atoms with E-state index in [1.165, 1.54) is 11.1 Å². The third-order valence-electron chi connectivity index (χ3n) is 3.55. The van der Waals surface area contributed by atoms with Gasteiger partial charge in [0.15, 0.2) is 0 Å². The maximum Gasteiger partial charge on any atom is 0.0601 e. The largest absolute Gasteiger partial charge is 0.314 e. The average molecular weight is 272 g/mol. The lowest BCUT2D eigenvalue weighted by molar-refractivity contribution is 0.316. The quantitative estimate of drug-likeness (QED) is 0.731. The predicted octanol–water partition coefficient (Wildman–Crippen LogP) is 3.24. The number of terminal acetylenes is 1. The highest BCUT2D eigenvalue weighted by Crippen LogP contribution is 2.16. The van der Waals surface area contributed by atoms with Gasteiger partial charge in [0.25, 0.3) is 0 Å². The molecule has 1 N–H and O–H groups in total. The standard InChI is InChI=1S/C18H28N2/c1-6-12-20(7-2)14-17-8-10-18(11-9-17)16(5)13-19-15(3)4/h1,8-11,15-16,19H,7,12-14H2,2-5H3. The Kier molecular flexibility index (Phi) is 7.36. The van der Waals surface area contributed by atoms with Gasteiger partial charge in [-0.3, -0.25) is 4.90 Å². The zero-order valence-corrected chi connectivity index (χ0v) is 13.3. The van der Waals surface area contributed by atoms with Gasteiger partial charge in [-0.05, 0) is 23.6 Å². The zero-order valence-electron chi connectivity index (χ0n) is 13.3. The Bertz CT molecular complexity index is 414. The van der Waals surface area contributed by atoms with Crippen molar-refractivity contribution in [3.8, 4) is 12.3 Å². The van der Waals surface area contributed by atoms with Crippen LogP contribution in [0.3, 0.4) is 0 Å². The maximum absolute atomic E-state index is 5.38. The van der Waals surface area contributed by atoms with Crippen LogP contribution in [0.4, 0.5) is 0 Å². The molecule has 0 fully saturated rings. The number of rotatable bonds is 8. The molecule has 0 heterocycles. The molecule has 0 spiro atoms. The van der Waals surface area contributed by atoms with Crippen LogP contribution in [0.25, 0.3) is 0 Å². The Balaban J connectivity index is 2.57. The van der Waals surface area contributed by atoms with Gasteiger partial charge in [0.05, 0.1) is 6.54 Å². The molecular weight excluding hydrogens is 244 g/mol. The number of hydrogen-bond donors (Lipinski definition) is 1. The van der Waals surface area contributed by atoms with Crippen molar-refractivity contribution in [2.45, 2.75) is 46.2 Å². The van der Waals surface area contributed by atoms with Crippen LogP contribution in [0, 0.1) is 12.3 Å². The molecule has 1 aromatic carbocycles. The SMILES string of the molecule is C#CCN(CC)Cc1ccc(C(C)CNC(C)C)cc1. The van der Waals surface area contributed by atoms with E-state index in [1.54, 1.807) is 0 Å². The Morgan fingerprint density at radius 2 is 1.85 bits per heavy atom. The van der Waals surface area contributed by atoms with Crippen LogP contribution in [-0.4, -0.2) is 30.6 Å². The topological polar surface area (TPSA) is 15.3 Å². The van der Waals surface area contributed by atoms with Gasteiger partial charge in [0.1, 0.15) is 0 Å². The molecule has 0 saturated carbocycles. The minimum Gasteiger partial charge on any atom is -0.314 e. The number of nitrogens with one attached hydrogen (secondary N) is 1.